The van der Waals surface area contributed by atoms with Crippen molar-refractivity contribution in [1.29, 1.82) is 0 Å². The third kappa shape index (κ3) is 12.8. The Morgan fingerprint density at radius 3 is 2.07 bits per heavy atom. The van der Waals surface area contributed by atoms with Crippen LogP contribution < -0.4 is 0 Å². The van der Waals surface area contributed by atoms with Crippen LogP contribution in [0.4, 0.5) is 0 Å². The number of fused-ring (bicyclic) bond motifs is 1. The molecule has 1 heterocycles. The Balaban J connectivity index is 1.68. The van der Waals surface area contributed by atoms with Gasteiger partial charge in [-0.1, -0.05) is 70.6 Å². The monoisotopic (exact) mass is 586 g/mol. The van der Waals surface area contributed by atoms with Gasteiger partial charge >= 0.3 is 17.9 Å². The molecule has 1 aromatic carbocycles. The number of likely N-dealkylation sites (N-methyl/N-ethyl adjacent to an activating group) is 1. The molecule has 2 unspecified atom stereocenters. The summed E-state index contributed by atoms with van der Waals surface area (Å²) < 4.78 is 17.0. The third-order valence-corrected chi connectivity index (χ3v) is 7.37. The molecule has 234 valence electrons. The highest BCUT2D eigenvalue weighted by Crippen LogP contribution is 2.24. The van der Waals surface area contributed by atoms with E-state index in [2.05, 4.69) is 25.1 Å². The number of para-hydroxylation sites is 1. The molecule has 9 nitrogen and oxygen atoms in total. The minimum atomic E-state index is -0.812. The van der Waals surface area contributed by atoms with Crippen molar-refractivity contribution in [3.63, 3.8) is 0 Å². The van der Waals surface area contributed by atoms with Gasteiger partial charge in [-0.05, 0) is 44.5 Å². The normalized spacial score (nSPS) is 12.9. The van der Waals surface area contributed by atoms with Crippen molar-refractivity contribution in [2.24, 2.45) is 11.8 Å². The van der Waals surface area contributed by atoms with Crippen LogP contribution in [-0.2, 0) is 35.0 Å². The summed E-state index contributed by atoms with van der Waals surface area (Å²) >= 11 is 0. The second-order valence-corrected chi connectivity index (χ2v) is 11.7. The highest BCUT2D eigenvalue weighted by atomic mass is 16.6. The van der Waals surface area contributed by atoms with Crippen LogP contribution in [0, 0.1) is 11.8 Å². The molecule has 0 aliphatic carbocycles. The van der Waals surface area contributed by atoms with Gasteiger partial charge in [0.2, 0.25) is 5.91 Å². The smallest absolute Gasteiger partial charge is 0.306 e. The standard InChI is InChI=1S/C33H50N2O7/c1-24(20-32(38)42-29(22-40-26(3)36)23-41-27(4)37)14-10-8-7-9-11-15-25(2)33(39)35-21-28(18-19-34(5)6)30-16-12-13-17-31(30)35/h12-13,16-17,21,24-25,29H,7-11,14-15,18-20,22-23H2,1-6H3. The van der Waals surface area contributed by atoms with Crippen LogP contribution in [0.1, 0.15) is 89.4 Å². The van der Waals surface area contributed by atoms with Crippen LogP contribution >= 0.6 is 0 Å². The minimum absolute atomic E-state index is 0.0425. The lowest BCUT2D eigenvalue weighted by molar-refractivity contribution is -0.166. The molecule has 0 aliphatic heterocycles. The summed E-state index contributed by atoms with van der Waals surface area (Å²) in [5, 5.41) is 1.16. The Morgan fingerprint density at radius 1 is 0.857 bits per heavy atom. The first-order chi connectivity index (χ1) is 20.0. The Hall–Kier alpha value is -3.20. The van der Waals surface area contributed by atoms with Crippen molar-refractivity contribution < 1.29 is 33.4 Å². The van der Waals surface area contributed by atoms with Crippen molar-refractivity contribution in [2.75, 3.05) is 33.9 Å². The predicted octanol–water partition coefficient (Wildman–Crippen LogP) is 5.82. The first-order valence-corrected chi connectivity index (χ1v) is 15.2. The summed E-state index contributed by atoms with van der Waals surface area (Å²) in [6.45, 7) is 7.22. The predicted molar refractivity (Wildman–Crippen MR) is 163 cm³/mol. The molecule has 0 fully saturated rings. The SMILES string of the molecule is CC(=O)OCC(COC(C)=O)OC(=O)CC(C)CCCCCCCC(C)C(=O)n1cc(CCN(C)C)c2ccccc21. The zero-order valence-electron chi connectivity index (χ0n) is 26.4. The van der Waals surface area contributed by atoms with E-state index in [0.717, 1.165) is 68.8 Å². The van der Waals surface area contributed by atoms with Crippen LogP contribution in [-0.4, -0.2) is 73.2 Å². The summed E-state index contributed by atoms with van der Waals surface area (Å²) in [6.07, 6.45) is 9.40. The largest absolute Gasteiger partial charge is 0.462 e. The molecule has 2 atom stereocenters. The van der Waals surface area contributed by atoms with Gasteiger partial charge in [0.15, 0.2) is 6.10 Å². The van der Waals surface area contributed by atoms with Crippen LogP contribution in [0.2, 0.25) is 0 Å². The van der Waals surface area contributed by atoms with E-state index in [-0.39, 0.29) is 37.4 Å². The van der Waals surface area contributed by atoms with E-state index >= 15 is 0 Å². The Labute approximate surface area is 250 Å². The molecule has 0 saturated carbocycles. The number of ether oxygens (including phenoxy) is 3. The molecular weight excluding hydrogens is 536 g/mol. The quantitative estimate of drug-likeness (QED) is 0.115. The number of nitrogens with zero attached hydrogens (tertiary/aromatic N) is 2. The van der Waals surface area contributed by atoms with Crippen molar-refractivity contribution in [1.82, 2.24) is 9.47 Å². The lowest BCUT2D eigenvalue weighted by Crippen LogP contribution is -2.30. The molecule has 1 aromatic heterocycles. The maximum absolute atomic E-state index is 13.3. The Bertz CT molecular complexity index is 1140. The van der Waals surface area contributed by atoms with E-state index in [9.17, 15) is 19.2 Å². The first kappa shape index (κ1) is 35.0. The van der Waals surface area contributed by atoms with E-state index in [0.29, 0.717) is 0 Å². The summed E-state index contributed by atoms with van der Waals surface area (Å²) in [4.78, 5) is 50.0. The van der Waals surface area contributed by atoms with Crippen molar-refractivity contribution in [3.05, 3.63) is 36.0 Å². The molecule has 2 rings (SSSR count). The summed E-state index contributed by atoms with van der Waals surface area (Å²) in [6, 6.07) is 8.16. The van der Waals surface area contributed by atoms with E-state index in [1.807, 2.05) is 42.8 Å². The molecule has 0 radical (unpaired) electrons. The van der Waals surface area contributed by atoms with Crippen molar-refractivity contribution >= 4 is 34.7 Å². The highest BCUT2D eigenvalue weighted by molar-refractivity contribution is 5.95. The second kappa shape index (κ2) is 18.4. The van der Waals surface area contributed by atoms with Gasteiger partial charge in [-0.2, -0.15) is 0 Å². The van der Waals surface area contributed by atoms with E-state index in [4.69, 9.17) is 14.2 Å². The third-order valence-electron chi connectivity index (χ3n) is 7.37. The molecule has 9 heteroatoms. The van der Waals surface area contributed by atoms with Gasteiger partial charge in [-0.15, -0.1) is 0 Å². The molecule has 0 bridgehead atoms. The first-order valence-electron chi connectivity index (χ1n) is 15.2. The lowest BCUT2D eigenvalue weighted by atomic mass is 9.97. The van der Waals surface area contributed by atoms with E-state index in [1.165, 1.54) is 19.4 Å². The molecule has 2 aromatic rings. The molecule has 0 amide bonds. The number of hydrogen-bond donors (Lipinski definition) is 0. The topological polar surface area (TPSA) is 104 Å². The Kier molecular flexibility index (Phi) is 15.3. The number of carbonyl (C=O) groups excluding carboxylic acids is 4. The van der Waals surface area contributed by atoms with Gasteiger partial charge in [0.25, 0.3) is 0 Å². The maximum Gasteiger partial charge on any atom is 0.306 e. The number of hydrogen-bond acceptors (Lipinski definition) is 8. The maximum atomic E-state index is 13.3. The van der Waals surface area contributed by atoms with Crippen molar-refractivity contribution in [3.8, 4) is 0 Å². The molecule has 0 N–H and O–H groups in total. The number of esters is 3. The number of aromatic nitrogens is 1. The van der Waals surface area contributed by atoms with Crippen molar-refractivity contribution in [2.45, 2.75) is 91.6 Å². The molecule has 0 aliphatic rings. The molecular formula is C33H50N2O7. The summed E-state index contributed by atoms with van der Waals surface area (Å²) in [5.41, 5.74) is 2.21. The zero-order chi connectivity index (χ0) is 31.1. The van der Waals surface area contributed by atoms with E-state index < -0.39 is 24.0 Å². The molecule has 0 spiro atoms. The van der Waals surface area contributed by atoms with Gasteiger partial charge in [0, 0.05) is 44.3 Å². The van der Waals surface area contributed by atoms with E-state index in [1.54, 1.807) is 0 Å². The van der Waals surface area contributed by atoms with Gasteiger partial charge in [-0.25, -0.2) is 0 Å². The van der Waals surface area contributed by atoms with Crippen LogP contribution in [0.15, 0.2) is 30.5 Å². The van der Waals surface area contributed by atoms with Gasteiger partial charge < -0.3 is 19.1 Å². The van der Waals surface area contributed by atoms with Crippen LogP contribution in [0.3, 0.4) is 0 Å². The van der Waals surface area contributed by atoms with Gasteiger partial charge in [0.1, 0.15) is 13.2 Å². The highest BCUT2D eigenvalue weighted by Gasteiger charge is 2.20. The lowest BCUT2D eigenvalue weighted by Gasteiger charge is -2.18. The number of rotatable bonds is 19. The minimum Gasteiger partial charge on any atom is -0.462 e. The Morgan fingerprint density at radius 2 is 1.45 bits per heavy atom. The average molecular weight is 587 g/mol. The van der Waals surface area contributed by atoms with Gasteiger partial charge in [0.05, 0.1) is 5.52 Å². The molecule has 0 saturated heterocycles. The fourth-order valence-corrected chi connectivity index (χ4v) is 4.97. The van der Waals surface area contributed by atoms with Gasteiger partial charge in [-0.3, -0.25) is 23.7 Å². The number of unbranched alkanes of at least 4 members (excludes halogenated alkanes) is 4. The molecule has 42 heavy (non-hydrogen) atoms. The summed E-state index contributed by atoms with van der Waals surface area (Å²) in [5.74, 6) is -1.12. The second-order valence-electron chi connectivity index (χ2n) is 11.7. The fraction of sp³-hybridized carbons (Fsp3) is 0.636. The van der Waals surface area contributed by atoms with Crippen LogP contribution in [0.25, 0.3) is 10.9 Å². The number of benzene rings is 1. The summed E-state index contributed by atoms with van der Waals surface area (Å²) in [7, 11) is 4.12. The average Bonchev–Trinajstić information content (AvgIpc) is 3.30. The van der Waals surface area contributed by atoms with Crippen LogP contribution in [0.5, 0.6) is 0 Å². The number of carbonyl (C=O) groups is 4. The zero-order valence-corrected chi connectivity index (χ0v) is 26.4. The fourth-order valence-electron chi connectivity index (χ4n) is 4.97.